The van der Waals surface area contributed by atoms with Gasteiger partial charge in [0.25, 0.3) is 0 Å². The first-order valence-electron chi connectivity index (χ1n) is 8.12. The number of likely N-dealkylation sites (N-methyl/N-ethyl adjacent to an activating group) is 1. The molecule has 0 saturated heterocycles. The van der Waals surface area contributed by atoms with Crippen molar-refractivity contribution in [2.75, 3.05) is 14.2 Å². The first-order chi connectivity index (χ1) is 12.5. The molecule has 1 aromatic heterocycles. The Morgan fingerprint density at radius 2 is 2.04 bits per heavy atom. The van der Waals surface area contributed by atoms with Crippen LogP contribution in [-0.4, -0.2) is 29.9 Å². The van der Waals surface area contributed by atoms with Gasteiger partial charge < -0.3 is 9.64 Å². The van der Waals surface area contributed by atoms with E-state index in [1.807, 2.05) is 61.0 Å². The molecule has 0 saturated carbocycles. The molecule has 134 valence electrons. The summed E-state index contributed by atoms with van der Waals surface area (Å²) >= 11 is 5.03. The zero-order chi connectivity index (χ0) is 18.5. The molecule has 0 N–H and O–H groups in total. The minimum Gasteiger partial charge on any atom is -0.497 e. The van der Waals surface area contributed by atoms with Crippen LogP contribution in [0.15, 0.2) is 58.4 Å². The van der Waals surface area contributed by atoms with Crippen LogP contribution in [0, 0.1) is 0 Å². The molecule has 0 aliphatic heterocycles. The summed E-state index contributed by atoms with van der Waals surface area (Å²) < 4.78 is 6.24. The number of carbonyl (C=O) groups excluding carboxylic acids is 1. The van der Waals surface area contributed by atoms with Gasteiger partial charge in [0.1, 0.15) is 10.8 Å². The molecule has 3 aromatic rings. The average Bonchev–Trinajstić information content (AvgIpc) is 3.10. The third kappa shape index (κ3) is 4.71. The largest absolute Gasteiger partial charge is 0.497 e. The highest BCUT2D eigenvalue weighted by molar-refractivity contribution is 9.10. The summed E-state index contributed by atoms with van der Waals surface area (Å²) in [4.78, 5) is 18.8. The van der Waals surface area contributed by atoms with Crippen molar-refractivity contribution >= 4 is 33.2 Å². The molecule has 0 radical (unpaired) electrons. The van der Waals surface area contributed by atoms with E-state index in [-0.39, 0.29) is 5.91 Å². The Bertz CT molecular complexity index is 910. The third-order valence-corrected chi connectivity index (χ3v) is 5.37. The average molecular weight is 431 g/mol. The van der Waals surface area contributed by atoms with Gasteiger partial charge in [0.05, 0.1) is 19.2 Å². The highest BCUT2D eigenvalue weighted by Gasteiger charge is 2.13. The second-order valence-corrected chi connectivity index (χ2v) is 7.71. The van der Waals surface area contributed by atoms with E-state index in [2.05, 4.69) is 20.9 Å². The summed E-state index contributed by atoms with van der Waals surface area (Å²) in [5.74, 6) is 0.834. The van der Waals surface area contributed by atoms with Gasteiger partial charge in [-0.2, -0.15) is 0 Å². The predicted molar refractivity (Wildman–Crippen MR) is 108 cm³/mol. The van der Waals surface area contributed by atoms with E-state index >= 15 is 0 Å². The van der Waals surface area contributed by atoms with Crippen LogP contribution in [0.2, 0.25) is 0 Å². The molecule has 0 bridgehead atoms. The molecule has 0 atom stereocenters. The maximum atomic E-state index is 12.5. The van der Waals surface area contributed by atoms with Crippen LogP contribution in [0.4, 0.5) is 0 Å². The van der Waals surface area contributed by atoms with E-state index in [0.717, 1.165) is 32.1 Å². The number of benzene rings is 2. The van der Waals surface area contributed by atoms with Crippen molar-refractivity contribution in [2.45, 2.75) is 13.0 Å². The van der Waals surface area contributed by atoms with E-state index in [9.17, 15) is 4.79 Å². The number of nitrogens with zero attached hydrogens (tertiary/aromatic N) is 2. The van der Waals surface area contributed by atoms with E-state index in [1.54, 1.807) is 23.3 Å². The summed E-state index contributed by atoms with van der Waals surface area (Å²) in [5.41, 5.74) is 2.88. The maximum Gasteiger partial charge on any atom is 0.228 e. The van der Waals surface area contributed by atoms with E-state index < -0.39 is 0 Å². The van der Waals surface area contributed by atoms with Crippen LogP contribution in [0.25, 0.3) is 10.6 Å². The Kier molecular flexibility index (Phi) is 6.06. The molecule has 0 aliphatic rings. The lowest BCUT2D eigenvalue weighted by molar-refractivity contribution is -0.129. The van der Waals surface area contributed by atoms with Gasteiger partial charge in [0.15, 0.2) is 0 Å². The summed E-state index contributed by atoms with van der Waals surface area (Å²) in [6.45, 7) is 0.540. The Morgan fingerprint density at radius 1 is 1.23 bits per heavy atom. The van der Waals surface area contributed by atoms with Gasteiger partial charge in [0, 0.05) is 29.0 Å². The monoisotopic (exact) mass is 430 g/mol. The number of hydrogen-bond acceptors (Lipinski definition) is 4. The molecule has 2 aromatic carbocycles. The number of halogens is 1. The van der Waals surface area contributed by atoms with Gasteiger partial charge in [-0.1, -0.05) is 40.2 Å². The van der Waals surface area contributed by atoms with E-state index in [4.69, 9.17) is 4.74 Å². The quantitative estimate of drug-likeness (QED) is 0.564. The van der Waals surface area contributed by atoms with Crippen LogP contribution in [0.5, 0.6) is 5.75 Å². The van der Waals surface area contributed by atoms with Gasteiger partial charge in [-0.3, -0.25) is 4.79 Å². The zero-order valence-electron chi connectivity index (χ0n) is 14.6. The van der Waals surface area contributed by atoms with Crippen molar-refractivity contribution in [3.63, 3.8) is 0 Å². The Labute approximate surface area is 165 Å². The summed E-state index contributed by atoms with van der Waals surface area (Å²) in [5, 5.41) is 2.87. The van der Waals surface area contributed by atoms with Crippen molar-refractivity contribution < 1.29 is 9.53 Å². The standard InChI is InChI=1S/C20H19BrN2O2S/c1-23(12-14-5-3-8-18(9-14)25-2)19(24)11-17-13-26-20(22-17)15-6-4-7-16(21)10-15/h3-10,13H,11-12H2,1-2H3. The Balaban J connectivity index is 1.64. The first kappa shape index (κ1) is 18.6. The summed E-state index contributed by atoms with van der Waals surface area (Å²) in [6.07, 6.45) is 0.297. The highest BCUT2D eigenvalue weighted by atomic mass is 79.9. The van der Waals surface area contributed by atoms with Crippen LogP contribution in [-0.2, 0) is 17.8 Å². The predicted octanol–water partition coefficient (Wildman–Crippen LogP) is 4.78. The number of thiazole rings is 1. The fourth-order valence-electron chi connectivity index (χ4n) is 2.57. The van der Waals surface area contributed by atoms with Gasteiger partial charge in [0.2, 0.25) is 5.91 Å². The molecule has 0 spiro atoms. The van der Waals surface area contributed by atoms with Gasteiger partial charge in [-0.05, 0) is 29.8 Å². The molecule has 1 amide bonds. The maximum absolute atomic E-state index is 12.5. The van der Waals surface area contributed by atoms with Gasteiger partial charge >= 0.3 is 0 Å². The minimum atomic E-state index is 0.0407. The number of amides is 1. The van der Waals surface area contributed by atoms with Crippen LogP contribution < -0.4 is 4.74 Å². The smallest absolute Gasteiger partial charge is 0.228 e. The van der Waals surface area contributed by atoms with Crippen LogP contribution >= 0.6 is 27.3 Å². The van der Waals surface area contributed by atoms with E-state index in [0.29, 0.717) is 13.0 Å². The van der Waals surface area contributed by atoms with E-state index in [1.165, 1.54) is 0 Å². The number of methoxy groups -OCH3 is 1. The molecule has 26 heavy (non-hydrogen) atoms. The third-order valence-electron chi connectivity index (χ3n) is 3.94. The molecule has 4 nitrogen and oxygen atoms in total. The zero-order valence-corrected chi connectivity index (χ0v) is 17.0. The van der Waals surface area contributed by atoms with Gasteiger partial charge in [-0.15, -0.1) is 11.3 Å². The highest BCUT2D eigenvalue weighted by Crippen LogP contribution is 2.26. The van der Waals surface area contributed by atoms with Crippen molar-refractivity contribution in [3.8, 4) is 16.3 Å². The van der Waals surface area contributed by atoms with Gasteiger partial charge in [-0.25, -0.2) is 4.98 Å². The Hall–Kier alpha value is -2.18. The molecule has 1 heterocycles. The topological polar surface area (TPSA) is 42.4 Å². The molecule has 6 heteroatoms. The fraction of sp³-hybridized carbons (Fsp3) is 0.200. The molecule has 0 aliphatic carbocycles. The molecule has 3 rings (SSSR count). The second-order valence-electron chi connectivity index (χ2n) is 5.93. The molecular weight excluding hydrogens is 412 g/mol. The summed E-state index contributed by atoms with van der Waals surface area (Å²) in [6, 6.07) is 15.8. The minimum absolute atomic E-state index is 0.0407. The van der Waals surface area contributed by atoms with Crippen molar-refractivity contribution in [3.05, 3.63) is 69.6 Å². The fourth-order valence-corrected chi connectivity index (χ4v) is 3.78. The van der Waals surface area contributed by atoms with Crippen molar-refractivity contribution in [2.24, 2.45) is 0 Å². The number of rotatable bonds is 6. The number of aromatic nitrogens is 1. The van der Waals surface area contributed by atoms with Crippen LogP contribution in [0.3, 0.4) is 0 Å². The lowest BCUT2D eigenvalue weighted by Crippen LogP contribution is -2.27. The molecule has 0 fully saturated rings. The number of carbonyl (C=O) groups is 1. The summed E-state index contributed by atoms with van der Waals surface area (Å²) in [7, 11) is 3.45. The van der Waals surface area contributed by atoms with Crippen molar-refractivity contribution in [1.29, 1.82) is 0 Å². The Morgan fingerprint density at radius 3 is 2.81 bits per heavy atom. The SMILES string of the molecule is COc1cccc(CN(C)C(=O)Cc2csc(-c3cccc(Br)c3)n2)c1. The molecule has 0 unspecified atom stereocenters. The molecular formula is C20H19BrN2O2S. The van der Waals surface area contributed by atoms with Crippen molar-refractivity contribution in [1.82, 2.24) is 9.88 Å². The second kappa shape index (κ2) is 8.47. The number of ether oxygens (including phenoxy) is 1. The first-order valence-corrected chi connectivity index (χ1v) is 9.79. The normalized spacial score (nSPS) is 10.6. The lowest BCUT2D eigenvalue weighted by Gasteiger charge is -2.17. The van der Waals surface area contributed by atoms with Crippen LogP contribution in [0.1, 0.15) is 11.3 Å². The number of hydrogen-bond donors (Lipinski definition) is 0. The lowest BCUT2D eigenvalue weighted by atomic mass is 10.2.